The summed E-state index contributed by atoms with van der Waals surface area (Å²) in [4.78, 5) is 4.42. The van der Waals surface area contributed by atoms with Gasteiger partial charge in [0.2, 0.25) is 0 Å². The highest BCUT2D eigenvalue weighted by molar-refractivity contribution is 5.06. The number of hydrogen-bond donors (Lipinski definition) is 1. The first-order valence-corrected chi connectivity index (χ1v) is 6.24. The van der Waals surface area contributed by atoms with Crippen LogP contribution in [0.3, 0.4) is 0 Å². The highest BCUT2D eigenvalue weighted by atomic mass is 15.0. The van der Waals surface area contributed by atoms with E-state index in [1.807, 2.05) is 12.4 Å². The van der Waals surface area contributed by atoms with Crippen molar-refractivity contribution in [3.8, 4) is 0 Å². The lowest BCUT2D eigenvalue weighted by atomic mass is 10.0. The quantitative estimate of drug-likeness (QED) is 0.824. The van der Waals surface area contributed by atoms with Gasteiger partial charge in [0, 0.05) is 31.9 Å². The monoisotopic (exact) mass is 221 g/mol. The summed E-state index contributed by atoms with van der Waals surface area (Å²) >= 11 is 0. The van der Waals surface area contributed by atoms with E-state index < -0.39 is 0 Å². The molecule has 16 heavy (non-hydrogen) atoms. The molecule has 1 N–H and O–H groups in total. The molecule has 1 aromatic rings. The Morgan fingerprint density at radius 3 is 2.75 bits per heavy atom. The van der Waals surface area contributed by atoms with Crippen LogP contribution in [-0.4, -0.2) is 22.1 Å². The van der Waals surface area contributed by atoms with Crippen LogP contribution in [0.1, 0.15) is 33.0 Å². The molecule has 0 amide bonds. The summed E-state index contributed by atoms with van der Waals surface area (Å²) in [6.45, 7) is 7.95. The Morgan fingerprint density at radius 2 is 2.31 bits per heavy atom. The summed E-state index contributed by atoms with van der Waals surface area (Å²) in [6, 6.07) is 0.584. The molecule has 90 valence electrons. The van der Waals surface area contributed by atoms with Gasteiger partial charge in [-0.1, -0.05) is 20.8 Å². The third-order valence-corrected chi connectivity index (χ3v) is 3.87. The number of aromatic nitrogens is 2. The van der Waals surface area contributed by atoms with E-state index >= 15 is 0 Å². The Morgan fingerprint density at radius 1 is 1.62 bits per heavy atom. The number of nitrogens with one attached hydrogen (secondary N) is 1. The zero-order valence-electron chi connectivity index (χ0n) is 10.8. The van der Waals surface area contributed by atoms with Crippen LogP contribution in [0.5, 0.6) is 0 Å². The second kappa shape index (κ2) is 4.21. The van der Waals surface area contributed by atoms with E-state index in [1.54, 1.807) is 0 Å². The van der Waals surface area contributed by atoms with Crippen molar-refractivity contribution in [2.45, 2.75) is 39.7 Å². The molecular weight excluding hydrogens is 198 g/mol. The maximum Gasteiger partial charge on any atom is 0.109 e. The number of rotatable bonds is 5. The van der Waals surface area contributed by atoms with E-state index in [0.29, 0.717) is 11.5 Å². The minimum absolute atomic E-state index is 0.526. The first kappa shape index (κ1) is 11.6. The molecule has 0 radical (unpaired) electrons. The van der Waals surface area contributed by atoms with Crippen LogP contribution < -0.4 is 5.32 Å². The highest BCUT2D eigenvalue weighted by Gasteiger charge is 2.49. The Balaban J connectivity index is 2.01. The van der Waals surface area contributed by atoms with Gasteiger partial charge in [-0.15, -0.1) is 0 Å². The van der Waals surface area contributed by atoms with Crippen LogP contribution >= 0.6 is 0 Å². The van der Waals surface area contributed by atoms with Crippen molar-refractivity contribution in [1.29, 1.82) is 0 Å². The fourth-order valence-corrected chi connectivity index (χ4v) is 2.60. The molecule has 0 aliphatic heterocycles. The standard InChI is InChI=1S/C13H23N3/c1-5-14-11(10-9-13(10,2)3)8-12-15-6-7-16(12)4/h6-7,10-11,14H,5,8-9H2,1-4H3. The number of aryl methyl sites for hydroxylation is 1. The lowest BCUT2D eigenvalue weighted by Gasteiger charge is -2.19. The topological polar surface area (TPSA) is 29.9 Å². The molecule has 1 aliphatic carbocycles. The van der Waals surface area contributed by atoms with E-state index in [1.165, 1.54) is 12.2 Å². The molecule has 3 heteroatoms. The molecule has 1 fully saturated rings. The number of nitrogens with zero attached hydrogens (tertiary/aromatic N) is 2. The minimum Gasteiger partial charge on any atom is -0.338 e. The van der Waals surface area contributed by atoms with Gasteiger partial charge < -0.3 is 9.88 Å². The smallest absolute Gasteiger partial charge is 0.109 e. The van der Waals surface area contributed by atoms with E-state index in [-0.39, 0.29) is 0 Å². The zero-order valence-corrected chi connectivity index (χ0v) is 10.8. The Kier molecular flexibility index (Phi) is 3.06. The molecule has 1 aliphatic rings. The van der Waals surface area contributed by atoms with E-state index in [9.17, 15) is 0 Å². The van der Waals surface area contributed by atoms with Gasteiger partial charge in [0.05, 0.1) is 0 Å². The maximum absolute atomic E-state index is 4.42. The first-order chi connectivity index (χ1) is 7.54. The van der Waals surface area contributed by atoms with Crippen molar-refractivity contribution < 1.29 is 0 Å². The predicted molar refractivity (Wildman–Crippen MR) is 66.3 cm³/mol. The molecule has 2 rings (SSSR count). The van der Waals surface area contributed by atoms with Crippen LogP contribution in [0.2, 0.25) is 0 Å². The number of imidazole rings is 1. The fourth-order valence-electron chi connectivity index (χ4n) is 2.60. The second-order valence-corrected chi connectivity index (χ2v) is 5.62. The molecular formula is C13H23N3. The van der Waals surface area contributed by atoms with Crippen LogP contribution in [0.25, 0.3) is 0 Å². The van der Waals surface area contributed by atoms with Crippen LogP contribution in [-0.2, 0) is 13.5 Å². The minimum atomic E-state index is 0.526. The summed E-state index contributed by atoms with van der Waals surface area (Å²) in [5, 5.41) is 3.61. The SMILES string of the molecule is CCNC(Cc1nccn1C)C1CC1(C)C. The molecule has 1 saturated carbocycles. The van der Waals surface area contributed by atoms with Crippen LogP contribution in [0.4, 0.5) is 0 Å². The van der Waals surface area contributed by atoms with Crippen molar-refractivity contribution in [2.75, 3.05) is 6.54 Å². The zero-order chi connectivity index (χ0) is 11.8. The Labute approximate surface area is 98.3 Å². The fraction of sp³-hybridized carbons (Fsp3) is 0.769. The average molecular weight is 221 g/mol. The predicted octanol–water partition coefficient (Wildman–Crippen LogP) is 1.99. The third kappa shape index (κ3) is 2.29. The van der Waals surface area contributed by atoms with Crippen molar-refractivity contribution in [2.24, 2.45) is 18.4 Å². The van der Waals surface area contributed by atoms with Gasteiger partial charge in [-0.3, -0.25) is 0 Å². The van der Waals surface area contributed by atoms with Crippen LogP contribution in [0.15, 0.2) is 12.4 Å². The summed E-state index contributed by atoms with van der Waals surface area (Å²) in [6.07, 6.45) is 6.30. The molecule has 0 bridgehead atoms. The van der Waals surface area contributed by atoms with Gasteiger partial charge in [-0.25, -0.2) is 4.98 Å². The van der Waals surface area contributed by atoms with Gasteiger partial charge in [-0.05, 0) is 24.3 Å². The molecule has 0 aromatic carbocycles. The van der Waals surface area contributed by atoms with Crippen LogP contribution in [0, 0.1) is 11.3 Å². The maximum atomic E-state index is 4.42. The average Bonchev–Trinajstić information content (AvgIpc) is 2.64. The molecule has 1 heterocycles. The van der Waals surface area contributed by atoms with E-state index in [2.05, 4.69) is 42.7 Å². The highest BCUT2D eigenvalue weighted by Crippen LogP contribution is 2.53. The van der Waals surface area contributed by atoms with Crippen molar-refractivity contribution in [1.82, 2.24) is 14.9 Å². The number of hydrogen-bond acceptors (Lipinski definition) is 2. The second-order valence-electron chi connectivity index (χ2n) is 5.62. The first-order valence-electron chi connectivity index (χ1n) is 6.24. The molecule has 0 saturated heterocycles. The molecule has 3 nitrogen and oxygen atoms in total. The van der Waals surface area contributed by atoms with Gasteiger partial charge in [-0.2, -0.15) is 0 Å². The normalized spacial score (nSPS) is 24.4. The summed E-state index contributed by atoms with van der Waals surface area (Å²) < 4.78 is 2.12. The van der Waals surface area contributed by atoms with Crippen molar-refractivity contribution in [3.05, 3.63) is 18.2 Å². The lowest BCUT2D eigenvalue weighted by molar-refractivity contribution is 0.401. The summed E-state index contributed by atoms with van der Waals surface area (Å²) in [7, 11) is 2.07. The van der Waals surface area contributed by atoms with E-state index in [0.717, 1.165) is 18.9 Å². The van der Waals surface area contributed by atoms with Gasteiger partial charge in [0.1, 0.15) is 5.82 Å². The summed E-state index contributed by atoms with van der Waals surface area (Å²) in [5.74, 6) is 2.00. The number of likely N-dealkylation sites (N-methyl/N-ethyl adjacent to an activating group) is 1. The van der Waals surface area contributed by atoms with Gasteiger partial charge in [0.15, 0.2) is 0 Å². The van der Waals surface area contributed by atoms with E-state index in [4.69, 9.17) is 0 Å². The van der Waals surface area contributed by atoms with Crippen molar-refractivity contribution in [3.63, 3.8) is 0 Å². The largest absolute Gasteiger partial charge is 0.338 e. The molecule has 2 unspecified atom stereocenters. The Hall–Kier alpha value is -0.830. The summed E-state index contributed by atoms with van der Waals surface area (Å²) in [5.41, 5.74) is 0.526. The van der Waals surface area contributed by atoms with Gasteiger partial charge in [0.25, 0.3) is 0 Å². The van der Waals surface area contributed by atoms with Gasteiger partial charge >= 0.3 is 0 Å². The molecule has 2 atom stereocenters. The van der Waals surface area contributed by atoms with Crippen molar-refractivity contribution >= 4 is 0 Å². The molecule has 0 spiro atoms. The Bertz CT molecular complexity index is 354. The third-order valence-electron chi connectivity index (χ3n) is 3.87. The molecule has 1 aromatic heterocycles. The lowest BCUT2D eigenvalue weighted by Crippen LogP contribution is -2.35.